The van der Waals surface area contributed by atoms with Crippen molar-refractivity contribution in [1.82, 2.24) is 0 Å². The van der Waals surface area contributed by atoms with Gasteiger partial charge in [0.1, 0.15) is 6.79 Å². The van der Waals surface area contributed by atoms with Gasteiger partial charge in [0.15, 0.2) is 0 Å². The topological polar surface area (TPSA) is 49.7 Å². The molecule has 1 fully saturated rings. The minimum absolute atomic E-state index is 0.523. The lowest BCUT2D eigenvalue weighted by Gasteiger charge is -2.01. The fourth-order valence-electron chi connectivity index (χ4n) is 1.00. The van der Waals surface area contributed by atoms with Gasteiger partial charge in [0, 0.05) is 0 Å². The van der Waals surface area contributed by atoms with E-state index in [4.69, 9.17) is 14.9 Å². The molecular weight excluding hydrogens is 156 g/mol. The van der Waals surface area contributed by atoms with Crippen molar-refractivity contribution < 1.29 is 14.9 Å². The van der Waals surface area contributed by atoms with Crippen molar-refractivity contribution in [2.24, 2.45) is 0 Å². The van der Waals surface area contributed by atoms with E-state index in [9.17, 15) is 0 Å². The molecule has 0 bridgehead atoms. The first-order chi connectivity index (χ1) is 5.70. The maximum absolute atomic E-state index is 7.12. The van der Waals surface area contributed by atoms with E-state index in [0.717, 1.165) is 0 Å². The normalized spacial score (nSPS) is 26.5. The minimum atomic E-state index is -0.750. The van der Waals surface area contributed by atoms with Crippen LogP contribution in [0, 0.1) is 0 Å². The summed E-state index contributed by atoms with van der Waals surface area (Å²) in [5, 5.41) is 14.2. The predicted molar refractivity (Wildman–Crippen MR) is 49.9 cm³/mol. The van der Waals surface area contributed by atoms with Crippen LogP contribution in [-0.4, -0.2) is 29.2 Å². The lowest BCUT2D eigenvalue weighted by atomic mass is 10.2. The molecule has 0 aliphatic carbocycles. The van der Waals surface area contributed by atoms with Crippen molar-refractivity contribution in [2.75, 3.05) is 6.79 Å². The molecular formula is C9H22O3. The molecule has 3 nitrogen and oxygen atoms in total. The highest BCUT2D eigenvalue weighted by molar-refractivity contribution is 4.64. The molecule has 1 saturated heterocycles. The Morgan fingerprint density at radius 3 is 1.42 bits per heavy atom. The quantitative estimate of drug-likeness (QED) is 0.553. The summed E-state index contributed by atoms with van der Waals surface area (Å²) in [7, 11) is 0. The average Bonchev–Trinajstić information content (AvgIpc) is 2.40. The van der Waals surface area contributed by atoms with Crippen LogP contribution in [-0.2, 0) is 4.74 Å². The van der Waals surface area contributed by atoms with Gasteiger partial charge in [-0.1, -0.05) is 13.8 Å². The van der Waals surface area contributed by atoms with Crippen LogP contribution in [0.4, 0.5) is 0 Å². The van der Waals surface area contributed by atoms with Crippen LogP contribution in [0.2, 0.25) is 0 Å². The van der Waals surface area contributed by atoms with Crippen LogP contribution in [0.5, 0.6) is 0 Å². The number of ether oxygens (including phenoxy) is 1. The Labute approximate surface area is 75.4 Å². The van der Waals surface area contributed by atoms with E-state index in [2.05, 4.69) is 13.8 Å². The maximum Gasteiger partial charge on any atom is 0.140 e. The molecule has 1 rings (SSSR count). The summed E-state index contributed by atoms with van der Waals surface area (Å²) >= 11 is 0. The molecule has 76 valence electrons. The number of aliphatic hydroxyl groups is 2. The number of hydrogen-bond acceptors (Lipinski definition) is 3. The summed E-state index contributed by atoms with van der Waals surface area (Å²) < 4.78 is 5.36. The first kappa shape index (κ1) is 14.4. The van der Waals surface area contributed by atoms with Crippen molar-refractivity contribution in [1.29, 1.82) is 0 Å². The summed E-state index contributed by atoms with van der Waals surface area (Å²) in [5.41, 5.74) is 0. The molecule has 0 spiro atoms. The van der Waals surface area contributed by atoms with Crippen LogP contribution < -0.4 is 0 Å². The summed E-state index contributed by atoms with van der Waals surface area (Å²) in [6.45, 7) is 7.51. The molecule has 1 aliphatic heterocycles. The minimum Gasteiger partial charge on any atom is -0.376 e. The van der Waals surface area contributed by atoms with Gasteiger partial charge in [-0.05, 0) is 26.7 Å². The molecule has 0 aromatic heterocycles. The van der Waals surface area contributed by atoms with E-state index in [1.54, 1.807) is 0 Å². The third kappa shape index (κ3) is 9.88. The summed E-state index contributed by atoms with van der Waals surface area (Å²) in [6.07, 6.45) is 3.55. The lowest BCUT2D eigenvalue weighted by Crippen LogP contribution is -2.01. The first-order valence-corrected chi connectivity index (χ1v) is 4.58. The lowest BCUT2D eigenvalue weighted by molar-refractivity contribution is 0.0672. The zero-order valence-electron chi connectivity index (χ0n) is 8.58. The average molecular weight is 178 g/mol. The highest BCUT2D eigenvalue weighted by atomic mass is 16.5. The Bertz CT molecular complexity index is 68.2. The summed E-state index contributed by atoms with van der Waals surface area (Å²) in [6, 6.07) is 0. The van der Waals surface area contributed by atoms with Crippen molar-refractivity contribution in [3.05, 3.63) is 0 Å². The van der Waals surface area contributed by atoms with E-state index in [1.165, 1.54) is 12.8 Å². The third-order valence-corrected chi connectivity index (χ3v) is 1.44. The van der Waals surface area contributed by atoms with Gasteiger partial charge in [-0.3, -0.25) is 0 Å². The molecule has 0 saturated carbocycles. The van der Waals surface area contributed by atoms with Crippen molar-refractivity contribution in [3.8, 4) is 0 Å². The van der Waals surface area contributed by atoms with Gasteiger partial charge in [-0.25, -0.2) is 0 Å². The fraction of sp³-hybridized carbons (Fsp3) is 1.00. The SMILES string of the molecule is CC.CC1CCC(C)O1.OCO. The molecule has 1 aliphatic rings. The Morgan fingerprint density at radius 2 is 1.33 bits per heavy atom. The van der Waals surface area contributed by atoms with Gasteiger partial charge in [0.2, 0.25) is 0 Å². The van der Waals surface area contributed by atoms with E-state index < -0.39 is 6.79 Å². The van der Waals surface area contributed by atoms with E-state index >= 15 is 0 Å². The van der Waals surface area contributed by atoms with Crippen LogP contribution in [0.1, 0.15) is 40.5 Å². The Kier molecular flexibility index (Phi) is 13.1. The molecule has 0 radical (unpaired) electrons. The number of rotatable bonds is 0. The predicted octanol–water partition coefficient (Wildman–Crippen LogP) is 1.53. The molecule has 2 unspecified atom stereocenters. The molecule has 1 heterocycles. The monoisotopic (exact) mass is 178 g/mol. The molecule has 0 aromatic carbocycles. The molecule has 3 heteroatoms. The molecule has 12 heavy (non-hydrogen) atoms. The van der Waals surface area contributed by atoms with Crippen molar-refractivity contribution in [3.63, 3.8) is 0 Å². The first-order valence-electron chi connectivity index (χ1n) is 4.58. The van der Waals surface area contributed by atoms with Gasteiger partial charge in [0.25, 0.3) is 0 Å². The van der Waals surface area contributed by atoms with Crippen LogP contribution in [0.25, 0.3) is 0 Å². The second kappa shape index (κ2) is 10.9. The summed E-state index contributed by atoms with van der Waals surface area (Å²) in [4.78, 5) is 0. The largest absolute Gasteiger partial charge is 0.376 e. The van der Waals surface area contributed by atoms with Gasteiger partial charge in [-0.15, -0.1) is 0 Å². The van der Waals surface area contributed by atoms with E-state index in [-0.39, 0.29) is 0 Å². The van der Waals surface area contributed by atoms with Gasteiger partial charge in [-0.2, -0.15) is 0 Å². The van der Waals surface area contributed by atoms with Gasteiger partial charge >= 0.3 is 0 Å². The molecule has 2 atom stereocenters. The zero-order valence-corrected chi connectivity index (χ0v) is 8.58. The van der Waals surface area contributed by atoms with Crippen LogP contribution in [0.3, 0.4) is 0 Å². The van der Waals surface area contributed by atoms with Crippen molar-refractivity contribution >= 4 is 0 Å². The van der Waals surface area contributed by atoms with E-state index in [0.29, 0.717) is 12.2 Å². The van der Waals surface area contributed by atoms with Crippen LogP contribution in [0.15, 0.2) is 0 Å². The Balaban J connectivity index is 0. The Morgan fingerprint density at radius 1 is 1.08 bits per heavy atom. The fourth-order valence-corrected chi connectivity index (χ4v) is 1.00. The van der Waals surface area contributed by atoms with Crippen LogP contribution >= 0.6 is 0 Å². The number of aliphatic hydroxyl groups excluding tert-OH is 1. The maximum atomic E-state index is 7.12. The Hall–Kier alpha value is -0.120. The smallest absolute Gasteiger partial charge is 0.140 e. The zero-order chi connectivity index (χ0) is 9.98. The highest BCUT2D eigenvalue weighted by Gasteiger charge is 2.16. The molecule has 2 N–H and O–H groups in total. The standard InChI is InChI=1S/C6H12O.C2H6.CH4O2/c1-5-3-4-6(2)7-5;1-2;2-1-3/h5-6H,3-4H2,1-2H3;1-2H3;2-3H,1H2. The highest BCUT2D eigenvalue weighted by Crippen LogP contribution is 2.17. The van der Waals surface area contributed by atoms with E-state index in [1.807, 2.05) is 13.8 Å². The summed E-state index contributed by atoms with van der Waals surface area (Å²) in [5.74, 6) is 0. The van der Waals surface area contributed by atoms with Crippen molar-refractivity contribution in [2.45, 2.75) is 52.7 Å². The van der Waals surface area contributed by atoms with Gasteiger partial charge < -0.3 is 14.9 Å². The second-order valence-electron chi connectivity index (χ2n) is 2.48. The third-order valence-electron chi connectivity index (χ3n) is 1.44. The molecule has 0 aromatic rings. The van der Waals surface area contributed by atoms with Gasteiger partial charge in [0.05, 0.1) is 12.2 Å². The molecule has 0 amide bonds. The number of hydrogen-bond donors (Lipinski definition) is 2. The second-order valence-corrected chi connectivity index (χ2v) is 2.48.